The Kier molecular flexibility index (Phi) is 5.69. The van der Waals surface area contributed by atoms with Gasteiger partial charge in [-0.3, -0.25) is 4.84 Å². The number of hydrogen-bond acceptors (Lipinski definition) is 3. The summed E-state index contributed by atoms with van der Waals surface area (Å²) in [5.41, 5.74) is 0.508. The zero-order valence-corrected chi connectivity index (χ0v) is 12.1. The number of carbonyl (C=O) groups is 1. The van der Waals surface area contributed by atoms with Gasteiger partial charge in [0.2, 0.25) is 0 Å². The van der Waals surface area contributed by atoms with Crippen LogP contribution < -0.4 is 4.31 Å². The van der Waals surface area contributed by atoms with Gasteiger partial charge in [0.15, 0.2) is 0 Å². The van der Waals surface area contributed by atoms with E-state index in [4.69, 9.17) is 38.7 Å². The van der Waals surface area contributed by atoms with E-state index in [0.717, 1.165) is 16.2 Å². The Balaban J connectivity index is 3.01. The number of rotatable bonds is 3. The monoisotopic (exact) mass is 314 g/mol. The first-order valence-corrected chi connectivity index (χ1v) is 6.72. The van der Waals surface area contributed by atoms with Gasteiger partial charge in [0.25, 0.3) is 0 Å². The lowest BCUT2D eigenvalue weighted by molar-refractivity contribution is -0.0609. The van der Waals surface area contributed by atoms with Gasteiger partial charge in [-0.05, 0) is 28.9 Å². The first kappa shape index (κ1) is 14.7. The van der Waals surface area contributed by atoms with Crippen LogP contribution in [0.5, 0.6) is 0 Å². The Bertz CT molecular complexity index is 419. The van der Waals surface area contributed by atoms with Gasteiger partial charge in [-0.2, -0.15) is 0 Å². The molecule has 8 heteroatoms. The highest BCUT2D eigenvalue weighted by atomic mass is 35.7. The number of amides is 2. The van der Waals surface area contributed by atoms with Crippen molar-refractivity contribution in [1.82, 2.24) is 5.06 Å². The molecule has 0 spiro atoms. The summed E-state index contributed by atoms with van der Waals surface area (Å²) < 4.78 is 1.22. The van der Waals surface area contributed by atoms with Gasteiger partial charge in [-0.25, -0.2) is 14.2 Å². The molecular weight excluding hydrogens is 307 g/mol. The lowest BCUT2D eigenvalue weighted by atomic mass is 10.3. The van der Waals surface area contributed by atoms with Crippen LogP contribution in [-0.2, 0) is 4.84 Å². The summed E-state index contributed by atoms with van der Waals surface area (Å²) in [5.74, 6) is 0. The molecule has 94 valence electrons. The number of benzene rings is 1. The molecule has 0 unspecified atom stereocenters. The van der Waals surface area contributed by atoms with E-state index in [1.807, 2.05) is 0 Å². The average Bonchev–Trinajstić information content (AvgIpc) is 2.33. The van der Waals surface area contributed by atoms with Crippen molar-refractivity contribution in [3.05, 3.63) is 28.2 Å². The third kappa shape index (κ3) is 3.56. The molecule has 0 saturated carbocycles. The molecule has 4 nitrogen and oxygen atoms in total. The average molecular weight is 316 g/mol. The van der Waals surface area contributed by atoms with E-state index in [-0.39, 0.29) is 0 Å². The van der Waals surface area contributed by atoms with Crippen molar-refractivity contribution in [3.8, 4) is 0 Å². The molecule has 1 aromatic rings. The lowest BCUT2D eigenvalue weighted by Crippen LogP contribution is -2.35. The molecule has 0 heterocycles. The second-order valence-corrected chi connectivity index (χ2v) is 4.66. The van der Waals surface area contributed by atoms with E-state index in [2.05, 4.69) is 0 Å². The largest absolute Gasteiger partial charge is 0.359 e. The van der Waals surface area contributed by atoms with Gasteiger partial charge in [0.1, 0.15) is 0 Å². The van der Waals surface area contributed by atoms with Gasteiger partial charge in [-0.15, -0.1) is 0 Å². The number of halogens is 3. The summed E-state index contributed by atoms with van der Waals surface area (Å²) in [6.45, 7) is 0. The molecular formula is C9H9Cl3N2O2S. The minimum absolute atomic E-state index is 0.341. The second kappa shape index (κ2) is 6.56. The Hall–Kier alpha value is -0.330. The normalized spacial score (nSPS) is 10.2. The van der Waals surface area contributed by atoms with Gasteiger partial charge >= 0.3 is 6.03 Å². The van der Waals surface area contributed by atoms with Crippen molar-refractivity contribution in [2.45, 2.75) is 0 Å². The summed E-state index contributed by atoms with van der Waals surface area (Å²) in [4.78, 5) is 16.6. The number of hydroxylamine groups is 2. The van der Waals surface area contributed by atoms with Crippen LogP contribution in [0.1, 0.15) is 0 Å². The Morgan fingerprint density at radius 1 is 1.35 bits per heavy atom. The highest BCUT2D eigenvalue weighted by molar-refractivity contribution is 8.22. The summed E-state index contributed by atoms with van der Waals surface area (Å²) in [6, 6.07) is 4.32. The summed E-state index contributed by atoms with van der Waals surface area (Å²) in [7, 11) is 8.50. The number of anilines is 1. The second-order valence-electron chi connectivity index (χ2n) is 2.92. The third-order valence-corrected chi connectivity index (χ3v) is 3.58. The minimum atomic E-state index is -0.439. The van der Waals surface area contributed by atoms with E-state index in [9.17, 15) is 4.79 Å². The van der Waals surface area contributed by atoms with E-state index in [0.29, 0.717) is 15.7 Å². The van der Waals surface area contributed by atoms with E-state index in [1.54, 1.807) is 18.2 Å². The first-order valence-electron chi connectivity index (χ1n) is 4.37. The van der Waals surface area contributed by atoms with Crippen molar-refractivity contribution in [1.29, 1.82) is 0 Å². The molecule has 0 N–H and O–H groups in total. The Morgan fingerprint density at radius 2 is 2.00 bits per heavy atom. The van der Waals surface area contributed by atoms with Crippen molar-refractivity contribution in [3.63, 3.8) is 0 Å². The molecule has 1 rings (SSSR count). The van der Waals surface area contributed by atoms with Crippen LogP contribution in [0, 0.1) is 0 Å². The maximum atomic E-state index is 11.8. The highest BCUT2D eigenvalue weighted by Gasteiger charge is 2.21. The molecule has 0 atom stereocenters. The van der Waals surface area contributed by atoms with Crippen molar-refractivity contribution >= 4 is 56.8 Å². The van der Waals surface area contributed by atoms with Gasteiger partial charge in [0.05, 0.1) is 34.0 Å². The molecule has 0 aromatic heterocycles. The maximum absolute atomic E-state index is 11.8. The topological polar surface area (TPSA) is 32.8 Å². The third-order valence-electron chi connectivity index (χ3n) is 1.92. The van der Waals surface area contributed by atoms with Gasteiger partial charge < -0.3 is 0 Å². The number of hydrogen-bond donors (Lipinski definition) is 0. The first-order chi connectivity index (χ1) is 8.01. The van der Waals surface area contributed by atoms with Gasteiger partial charge in [-0.1, -0.05) is 23.2 Å². The van der Waals surface area contributed by atoms with Crippen LogP contribution in [0.15, 0.2) is 18.2 Å². The molecule has 0 radical (unpaired) electrons. The molecule has 0 aliphatic heterocycles. The van der Waals surface area contributed by atoms with Crippen molar-refractivity contribution in [2.24, 2.45) is 0 Å². The zero-order valence-electron chi connectivity index (χ0n) is 8.99. The van der Waals surface area contributed by atoms with E-state index >= 15 is 0 Å². The van der Waals surface area contributed by atoms with Crippen LogP contribution >= 0.6 is 45.0 Å². The molecule has 0 aliphatic rings. The summed E-state index contributed by atoms with van der Waals surface area (Å²) in [6.07, 6.45) is 0. The molecule has 0 aliphatic carbocycles. The summed E-state index contributed by atoms with van der Waals surface area (Å²) >= 11 is 12.4. The van der Waals surface area contributed by atoms with Crippen LogP contribution in [0.2, 0.25) is 10.0 Å². The van der Waals surface area contributed by atoms with E-state index in [1.165, 1.54) is 18.5 Å². The minimum Gasteiger partial charge on any atom is -0.273 e. The highest BCUT2D eigenvalue weighted by Crippen LogP contribution is 2.32. The Labute approximate surface area is 118 Å². The SMILES string of the molecule is CON(C)C(=O)N(SCl)c1ccc(Cl)c(Cl)c1. The van der Waals surface area contributed by atoms with Crippen LogP contribution in [-0.4, -0.2) is 25.3 Å². The number of carbonyl (C=O) groups excluding carboxylic acids is 1. The molecule has 0 saturated heterocycles. The molecule has 17 heavy (non-hydrogen) atoms. The molecule has 0 bridgehead atoms. The number of urea groups is 1. The molecule has 2 amide bonds. The molecule has 1 aromatic carbocycles. The van der Waals surface area contributed by atoms with Crippen molar-refractivity contribution in [2.75, 3.05) is 18.5 Å². The van der Waals surface area contributed by atoms with Crippen LogP contribution in [0.4, 0.5) is 10.5 Å². The number of nitrogens with zero attached hydrogens (tertiary/aromatic N) is 2. The van der Waals surface area contributed by atoms with E-state index < -0.39 is 6.03 Å². The predicted octanol–water partition coefficient (Wildman–Crippen LogP) is 4.22. The van der Waals surface area contributed by atoms with Crippen LogP contribution in [0.25, 0.3) is 0 Å². The predicted molar refractivity (Wildman–Crippen MR) is 72.6 cm³/mol. The fourth-order valence-electron chi connectivity index (χ4n) is 0.997. The fourth-order valence-corrected chi connectivity index (χ4v) is 2.07. The zero-order chi connectivity index (χ0) is 13.0. The molecule has 0 fully saturated rings. The smallest absolute Gasteiger partial charge is 0.273 e. The van der Waals surface area contributed by atoms with Gasteiger partial charge in [0, 0.05) is 7.05 Å². The quantitative estimate of drug-likeness (QED) is 0.618. The Morgan fingerprint density at radius 3 is 2.47 bits per heavy atom. The lowest BCUT2D eigenvalue weighted by Gasteiger charge is -2.23. The van der Waals surface area contributed by atoms with Crippen molar-refractivity contribution < 1.29 is 9.63 Å². The maximum Gasteiger partial charge on any atom is 0.359 e. The van der Waals surface area contributed by atoms with Crippen LogP contribution in [0.3, 0.4) is 0 Å². The standard InChI is InChI=1S/C9H9Cl3N2O2S/c1-13(16-2)9(15)14(17-12)6-3-4-7(10)8(11)5-6/h3-5H,1-2H3. The summed E-state index contributed by atoms with van der Waals surface area (Å²) in [5, 5.41) is 1.79. The fraction of sp³-hybridized carbons (Fsp3) is 0.222.